The summed E-state index contributed by atoms with van der Waals surface area (Å²) in [5.41, 5.74) is 0.0165. The third kappa shape index (κ3) is 3.59. The molecule has 2 fully saturated rings. The highest BCUT2D eigenvalue weighted by Gasteiger charge is 2.43. The smallest absolute Gasteiger partial charge is 0.256 e. The molecule has 2 aliphatic rings. The number of ether oxygens (including phenoxy) is 2. The Kier molecular flexibility index (Phi) is 4.86. The fraction of sp³-hybridized carbons (Fsp3) is 0.688. The third-order valence-electron chi connectivity index (χ3n) is 4.44. The van der Waals surface area contributed by atoms with E-state index in [9.17, 15) is 9.59 Å². The number of aromatic nitrogens is 2. The molecule has 0 saturated carbocycles. The van der Waals surface area contributed by atoms with E-state index in [4.69, 9.17) is 9.47 Å². The van der Waals surface area contributed by atoms with Crippen molar-refractivity contribution < 1.29 is 19.1 Å². The van der Waals surface area contributed by atoms with Crippen LogP contribution in [0.1, 0.15) is 12.5 Å². The zero-order valence-electron chi connectivity index (χ0n) is 14.2. The molecular weight excluding hydrogens is 312 g/mol. The zero-order chi connectivity index (χ0) is 17.2. The van der Waals surface area contributed by atoms with E-state index < -0.39 is 5.60 Å². The molecule has 8 nitrogen and oxygen atoms in total. The number of carbonyl (C=O) groups excluding carboxylic acids is 2. The fourth-order valence-corrected chi connectivity index (χ4v) is 3.11. The Labute approximate surface area is 141 Å². The van der Waals surface area contributed by atoms with Crippen LogP contribution in [-0.2, 0) is 25.6 Å². The number of carbonyl (C=O) groups is 2. The van der Waals surface area contributed by atoms with E-state index in [0.29, 0.717) is 39.5 Å². The van der Waals surface area contributed by atoms with Gasteiger partial charge in [0.25, 0.3) is 5.91 Å². The molecule has 0 aliphatic carbocycles. The minimum absolute atomic E-state index is 0.0533. The monoisotopic (exact) mass is 336 g/mol. The van der Waals surface area contributed by atoms with E-state index in [1.807, 2.05) is 13.1 Å². The first-order valence-electron chi connectivity index (χ1n) is 8.26. The second kappa shape index (κ2) is 6.90. The minimum atomic E-state index is -0.995. The molecule has 3 heterocycles. The number of amides is 2. The summed E-state index contributed by atoms with van der Waals surface area (Å²) in [5.74, 6) is -0.124. The van der Waals surface area contributed by atoms with E-state index in [-0.39, 0.29) is 24.9 Å². The third-order valence-corrected chi connectivity index (χ3v) is 4.44. The van der Waals surface area contributed by atoms with Crippen LogP contribution in [0.3, 0.4) is 0 Å². The molecule has 0 aromatic carbocycles. The summed E-state index contributed by atoms with van der Waals surface area (Å²) in [4.78, 5) is 28.8. The molecule has 0 radical (unpaired) electrons. The molecule has 0 N–H and O–H groups in total. The predicted molar refractivity (Wildman–Crippen MR) is 85.3 cm³/mol. The average molecular weight is 336 g/mol. The van der Waals surface area contributed by atoms with Gasteiger partial charge in [0, 0.05) is 25.8 Å². The van der Waals surface area contributed by atoms with Crippen molar-refractivity contribution in [3.8, 4) is 0 Å². The van der Waals surface area contributed by atoms with Gasteiger partial charge in [-0.25, -0.2) is 0 Å². The van der Waals surface area contributed by atoms with E-state index in [1.54, 1.807) is 27.6 Å². The highest BCUT2D eigenvalue weighted by molar-refractivity contribution is 5.86. The Morgan fingerprint density at radius 3 is 2.58 bits per heavy atom. The van der Waals surface area contributed by atoms with Gasteiger partial charge in [-0.3, -0.25) is 14.3 Å². The van der Waals surface area contributed by atoms with E-state index in [2.05, 4.69) is 5.10 Å². The second-order valence-corrected chi connectivity index (χ2v) is 6.51. The standard InChI is InChI=1S/C16H24N4O4/c1-13-9-17-20(10-13)11-14(21)19-5-8-24-16(2,12-19)15(22)18-3-6-23-7-4-18/h9-10H,3-8,11-12H2,1-2H3/t16-/m0/s1. The lowest BCUT2D eigenvalue weighted by Crippen LogP contribution is -2.61. The number of hydrogen-bond acceptors (Lipinski definition) is 5. The Balaban J connectivity index is 1.64. The molecule has 132 valence electrons. The first-order valence-corrected chi connectivity index (χ1v) is 8.26. The van der Waals surface area contributed by atoms with Crippen LogP contribution >= 0.6 is 0 Å². The molecule has 2 amide bonds. The normalized spacial score (nSPS) is 24.9. The maximum Gasteiger partial charge on any atom is 0.256 e. The molecule has 0 bridgehead atoms. The highest BCUT2D eigenvalue weighted by Crippen LogP contribution is 2.21. The number of morpholine rings is 2. The second-order valence-electron chi connectivity index (χ2n) is 6.51. The maximum absolute atomic E-state index is 12.8. The zero-order valence-corrected chi connectivity index (χ0v) is 14.2. The summed E-state index contributed by atoms with van der Waals surface area (Å²) >= 11 is 0. The van der Waals surface area contributed by atoms with Gasteiger partial charge >= 0.3 is 0 Å². The summed E-state index contributed by atoms with van der Waals surface area (Å²) in [5, 5.41) is 4.14. The highest BCUT2D eigenvalue weighted by atomic mass is 16.5. The van der Waals surface area contributed by atoms with Gasteiger partial charge in [-0.1, -0.05) is 0 Å². The van der Waals surface area contributed by atoms with Gasteiger partial charge in [-0.05, 0) is 19.4 Å². The van der Waals surface area contributed by atoms with Crippen LogP contribution in [0.4, 0.5) is 0 Å². The molecule has 2 aliphatic heterocycles. The van der Waals surface area contributed by atoms with Crippen molar-refractivity contribution in [3.05, 3.63) is 18.0 Å². The van der Waals surface area contributed by atoms with Gasteiger partial charge in [-0.2, -0.15) is 5.10 Å². The Hall–Kier alpha value is -1.93. The van der Waals surface area contributed by atoms with E-state index in [1.165, 1.54) is 0 Å². The van der Waals surface area contributed by atoms with Crippen LogP contribution < -0.4 is 0 Å². The topological polar surface area (TPSA) is 76.9 Å². The predicted octanol–water partition coefficient (Wildman–Crippen LogP) is -0.332. The van der Waals surface area contributed by atoms with Crippen molar-refractivity contribution in [2.24, 2.45) is 0 Å². The summed E-state index contributed by atoms with van der Waals surface area (Å²) in [6.07, 6.45) is 3.55. The lowest BCUT2D eigenvalue weighted by molar-refractivity contribution is -0.174. The average Bonchev–Trinajstić information content (AvgIpc) is 3.00. The SMILES string of the molecule is Cc1cnn(CC(=O)N2CCO[C@](C)(C(=O)N3CCOCC3)C2)c1. The largest absolute Gasteiger partial charge is 0.378 e. The summed E-state index contributed by atoms with van der Waals surface area (Å²) in [6, 6.07) is 0. The van der Waals surface area contributed by atoms with E-state index >= 15 is 0 Å². The van der Waals surface area contributed by atoms with Crippen LogP contribution in [0.5, 0.6) is 0 Å². The van der Waals surface area contributed by atoms with Crippen LogP contribution in [0.2, 0.25) is 0 Å². The molecule has 1 atom stereocenters. The van der Waals surface area contributed by atoms with Gasteiger partial charge in [0.05, 0.1) is 32.6 Å². The summed E-state index contributed by atoms with van der Waals surface area (Å²) < 4.78 is 12.7. The van der Waals surface area contributed by atoms with Crippen molar-refractivity contribution in [2.45, 2.75) is 26.0 Å². The molecule has 0 spiro atoms. The minimum Gasteiger partial charge on any atom is -0.378 e. The van der Waals surface area contributed by atoms with Gasteiger partial charge in [-0.15, -0.1) is 0 Å². The summed E-state index contributed by atoms with van der Waals surface area (Å²) in [7, 11) is 0. The molecule has 1 aromatic rings. The number of aryl methyl sites for hydroxylation is 1. The van der Waals surface area contributed by atoms with Crippen molar-refractivity contribution in [1.29, 1.82) is 0 Å². The molecule has 3 rings (SSSR count). The number of nitrogens with zero attached hydrogens (tertiary/aromatic N) is 4. The lowest BCUT2D eigenvalue weighted by Gasteiger charge is -2.42. The quantitative estimate of drug-likeness (QED) is 0.755. The molecule has 24 heavy (non-hydrogen) atoms. The fourth-order valence-electron chi connectivity index (χ4n) is 3.11. The Bertz CT molecular complexity index is 611. The van der Waals surface area contributed by atoms with Gasteiger partial charge < -0.3 is 19.3 Å². The van der Waals surface area contributed by atoms with Crippen molar-refractivity contribution in [1.82, 2.24) is 19.6 Å². The van der Waals surface area contributed by atoms with Crippen molar-refractivity contribution in [2.75, 3.05) is 46.0 Å². The van der Waals surface area contributed by atoms with Crippen LogP contribution in [-0.4, -0.2) is 83.0 Å². The van der Waals surface area contributed by atoms with Gasteiger partial charge in [0.15, 0.2) is 5.60 Å². The maximum atomic E-state index is 12.8. The first kappa shape index (κ1) is 16.9. The molecular formula is C16H24N4O4. The number of hydrogen-bond donors (Lipinski definition) is 0. The number of rotatable bonds is 3. The lowest BCUT2D eigenvalue weighted by atomic mass is 10.0. The summed E-state index contributed by atoms with van der Waals surface area (Å²) in [6.45, 7) is 7.21. The van der Waals surface area contributed by atoms with Crippen molar-refractivity contribution in [3.63, 3.8) is 0 Å². The van der Waals surface area contributed by atoms with E-state index in [0.717, 1.165) is 5.56 Å². The Morgan fingerprint density at radius 1 is 1.21 bits per heavy atom. The van der Waals surface area contributed by atoms with Crippen LogP contribution in [0.25, 0.3) is 0 Å². The molecule has 8 heteroatoms. The van der Waals surface area contributed by atoms with Crippen LogP contribution in [0, 0.1) is 6.92 Å². The molecule has 2 saturated heterocycles. The van der Waals surface area contributed by atoms with Crippen LogP contribution in [0.15, 0.2) is 12.4 Å². The molecule has 0 unspecified atom stereocenters. The van der Waals surface area contributed by atoms with Crippen molar-refractivity contribution >= 4 is 11.8 Å². The van der Waals surface area contributed by atoms with Gasteiger partial charge in [0.2, 0.25) is 5.91 Å². The first-order chi connectivity index (χ1) is 11.5. The molecule has 1 aromatic heterocycles. The van der Waals surface area contributed by atoms with Gasteiger partial charge in [0.1, 0.15) is 6.54 Å². The Morgan fingerprint density at radius 2 is 1.92 bits per heavy atom.